The Balaban J connectivity index is 0.00000176. The third-order valence-electron chi connectivity index (χ3n) is 6.13. The summed E-state index contributed by atoms with van der Waals surface area (Å²) in [7, 11) is 1.81. The predicted molar refractivity (Wildman–Crippen MR) is 154 cm³/mol. The smallest absolute Gasteiger partial charge is 0.276 e. The molecule has 170 valence electrons. The van der Waals surface area contributed by atoms with E-state index in [4.69, 9.17) is 0 Å². The van der Waals surface area contributed by atoms with Gasteiger partial charge < -0.3 is 4.90 Å². The van der Waals surface area contributed by atoms with E-state index in [1.54, 1.807) is 11.1 Å². The quantitative estimate of drug-likeness (QED) is 0.213. The fourth-order valence-corrected chi connectivity index (χ4v) is 4.92. The number of amides is 1. The molecule has 1 amide bonds. The van der Waals surface area contributed by atoms with Crippen molar-refractivity contribution in [1.82, 2.24) is 4.98 Å². The molecule has 0 saturated heterocycles. The summed E-state index contributed by atoms with van der Waals surface area (Å²) in [5, 5.41) is 0. The van der Waals surface area contributed by atoms with Gasteiger partial charge in [0.2, 0.25) is 0 Å². The van der Waals surface area contributed by atoms with Crippen LogP contribution in [0.3, 0.4) is 0 Å². The molecule has 0 aliphatic carbocycles. The van der Waals surface area contributed by atoms with Gasteiger partial charge in [-0.05, 0) is 126 Å². The van der Waals surface area contributed by atoms with Gasteiger partial charge in [0.1, 0.15) is 5.69 Å². The molecular weight excluding hydrogens is 622 g/mol. The van der Waals surface area contributed by atoms with Crippen molar-refractivity contribution in [2.75, 3.05) is 16.9 Å². The van der Waals surface area contributed by atoms with E-state index in [0.29, 0.717) is 5.69 Å². The number of hydrogen-bond acceptors (Lipinski definition) is 2. The third kappa shape index (κ3) is 5.90. The molecular formula is C27H32I2N2O. The number of benzene rings is 2. The summed E-state index contributed by atoms with van der Waals surface area (Å²) < 4.78 is 1.34. The molecule has 5 heteroatoms. The van der Waals surface area contributed by atoms with Crippen LogP contribution in [0.1, 0.15) is 49.4 Å². The molecule has 0 spiro atoms. The number of halogens is 2. The van der Waals surface area contributed by atoms with Crippen molar-refractivity contribution in [2.24, 2.45) is 0 Å². The normalized spacial score (nSPS) is 10.4. The number of aromatic nitrogens is 1. The van der Waals surface area contributed by atoms with E-state index in [0.717, 1.165) is 29.7 Å². The first kappa shape index (κ1) is 26.8. The van der Waals surface area contributed by atoms with E-state index in [1.165, 1.54) is 31.4 Å². The fraction of sp³-hybridized carbons (Fsp3) is 0.333. The summed E-state index contributed by atoms with van der Waals surface area (Å²) >= 11 is 4.62. The SMILES string of the molecule is CI.Cc1cnc(C(=O)N(C)c2ccccc2)c(CCc2c(C)c(C)c(C)c(C)c2I)c1. The first-order chi connectivity index (χ1) is 15.2. The van der Waals surface area contributed by atoms with Gasteiger partial charge in [-0.3, -0.25) is 9.78 Å². The van der Waals surface area contributed by atoms with Crippen LogP contribution >= 0.6 is 45.2 Å². The zero-order valence-electron chi connectivity index (χ0n) is 20.0. The van der Waals surface area contributed by atoms with Crippen molar-refractivity contribution in [1.29, 1.82) is 0 Å². The minimum absolute atomic E-state index is 0.0705. The van der Waals surface area contributed by atoms with Gasteiger partial charge in [0.05, 0.1) is 0 Å². The van der Waals surface area contributed by atoms with Gasteiger partial charge >= 0.3 is 0 Å². The minimum atomic E-state index is -0.0705. The van der Waals surface area contributed by atoms with Gasteiger partial charge in [0, 0.05) is 22.5 Å². The second-order valence-corrected chi connectivity index (χ2v) is 9.09. The monoisotopic (exact) mass is 654 g/mol. The molecule has 0 radical (unpaired) electrons. The summed E-state index contributed by atoms with van der Waals surface area (Å²) in [4.78, 5) is 21.4. The zero-order chi connectivity index (χ0) is 24.0. The number of aryl methyl sites for hydroxylation is 2. The molecule has 2 aromatic carbocycles. The Labute approximate surface area is 220 Å². The molecule has 0 fully saturated rings. The number of carbonyl (C=O) groups excluding carboxylic acids is 1. The van der Waals surface area contributed by atoms with Gasteiger partial charge in [0.25, 0.3) is 5.91 Å². The van der Waals surface area contributed by atoms with Crippen LogP contribution in [0.4, 0.5) is 5.69 Å². The Morgan fingerprint density at radius 3 is 2.12 bits per heavy atom. The maximum Gasteiger partial charge on any atom is 0.276 e. The highest BCUT2D eigenvalue weighted by Gasteiger charge is 2.20. The Kier molecular flexibility index (Phi) is 10.1. The molecule has 0 atom stereocenters. The molecule has 0 bridgehead atoms. The second kappa shape index (κ2) is 12.1. The van der Waals surface area contributed by atoms with Crippen molar-refractivity contribution < 1.29 is 4.79 Å². The molecule has 1 heterocycles. The van der Waals surface area contributed by atoms with E-state index in [2.05, 4.69) is 83.9 Å². The van der Waals surface area contributed by atoms with E-state index >= 15 is 0 Å². The molecule has 3 rings (SSSR count). The van der Waals surface area contributed by atoms with E-state index < -0.39 is 0 Å². The number of alkyl halides is 1. The standard InChI is InChI=1S/C26H29IN2O.CH3I/c1-16-14-21(12-13-23-19(4)17(2)18(3)20(5)24(23)27)25(28-15-16)26(30)29(6)22-10-8-7-9-11-22;1-2/h7-11,14-15H,12-13H2,1-6H3;1H3. The number of pyridine rings is 1. The van der Waals surface area contributed by atoms with E-state index in [1.807, 2.05) is 49.2 Å². The summed E-state index contributed by atoms with van der Waals surface area (Å²) in [6, 6.07) is 11.8. The lowest BCUT2D eigenvalue weighted by atomic mass is 9.91. The van der Waals surface area contributed by atoms with Gasteiger partial charge in [0.15, 0.2) is 0 Å². The highest BCUT2D eigenvalue weighted by molar-refractivity contribution is 14.1. The van der Waals surface area contributed by atoms with Gasteiger partial charge in [-0.1, -0.05) is 46.9 Å². The molecule has 0 aliphatic heterocycles. The third-order valence-corrected chi connectivity index (χ3v) is 7.59. The average molecular weight is 654 g/mol. The van der Waals surface area contributed by atoms with Gasteiger partial charge in [-0.15, -0.1) is 0 Å². The molecule has 0 unspecified atom stereocenters. The number of carbonyl (C=O) groups is 1. The van der Waals surface area contributed by atoms with Crippen LogP contribution in [-0.4, -0.2) is 22.9 Å². The number of anilines is 1. The number of rotatable bonds is 5. The highest BCUT2D eigenvalue weighted by Crippen LogP contribution is 2.29. The summed E-state index contributed by atoms with van der Waals surface area (Å²) in [5.74, 6) is -0.0705. The molecule has 0 N–H and O–H groups in total. The maximum atomic E-state index is 13.2. The van der Waals surface area contributed by atoms with E-state index in [-0.39, 0.29) is 5.91 Å². The van der Waals surface area contributed by atoms with Crippen molar-refractivity contribution in [3.8, 4) is 0 Å². The van der Waals surface area contributed by atoms with Gasteiger partial charge in [-0.2, -0.15) is 0 Å². The van der Waals surface area contributed by atoms with Crippen LogP contribution in [0.2, 0.25) is 0 Å². The summed E-state index contributed by atoms with van der Waals surface area (Å²) in [6.07, 6.45) is 3.47. The van der Waals surface area contributed by atoms with Crippen molar-refractivity contribution >= 4 is 56.8 Å². The zero-order valence-corrected chi connectivity index (χ0v) is 24.3. The lowest BCUT2D eigenvalue weighted by Gasteiger charge is -2.20. The van der Waals surface area contributed by atoms with Crippen LogP contribution in [0, 0.1) is 38.2 Å². The topological polar surface area (TPSA) is 33.2 Å². The largest absolute Gasteiger partial charge is 0.310 e. The first-order valence-electron chi connectivity index (χ1n) is 10.6. The lowest BCUT2D eigenvalue weighted by molar-refractivity contribution is 0.0987. The van der Waals surface area contributed by atoms with Crippen molar-refractivity contribution in [2.45, 2.75) is 47.5 Å². The molecule has 3 nitrogen and oxygen atoms in total. The van der Waals surface area contributed by atoms with Crippen LogP contribution < -0.4 is 4.90 Å². The summed E-state index contributed by atoms with van der Waals surface area (Å²) in [6.45, 7) is 10.8. The Hall–Kier alpha value is -1.48. The number of para-hydroxylation sites is 1. The molecule has 1 aromatic heterocycles. The lowest BCUT2D eigenvalue weighted by Crippen LogP contribution is -2.28. The molecule has 32 heavy (non-hydrogen) atoms. The Morgan fingerprint density at radius 2 is 1.50 bits per heavy atom. The second-order valence-electron chi connectivity index (χ2n) is 8.01. The Bertz CT molecular complexity index is 1070. The Morgan fingerprint density at radius 1 is 0.906 bits per heavy atom. The molecule has 3 aromatic rings. The summed E-state index contributed by atoms with van der Waals surface area (Å²) in [5.41, 5.74) is 10.3. The highest BCUT2D eigenvalue weighted by atomic mass is 127. The average Bonchev–Trinajstić information content (AvgIpc) is 2.82. The van der Waals surface area contributed by atoms with Crippen LogP contribution in [0.15, 0.2) is 42.6 Å². The fourth-order valence-electron chi connectivity index (χ4n) is 3.84. The minimum Gasteiger partial charge on any atom is -0.310 e. The molecule has 0 saturated carbocycles. The van der Waals surface area contributed by atoms with E-state index in [9.17, 15) is 4.79 Å². The van der Waals surface area contributed by atoms with Gasteiger partial charge in [-0.25, -0.2) is 0 Å². The first-order valence-corrected chi connectivity index (χ1v) is 13.9. The molecule has 0 aliphatic rings. The van der Waals surface area contributed by atoms with Crippen LogP contribution in [0.5, 0.6) is 0 Å². The number of nitrogens with zero attached hydrogens (tertiary/aromatic N) is 2. The predicted octanol–water partition coefficient (Wildman–Crippen LogP) is 7.34. The number of hydrogen-bond donors (Lipinski definition) is 0. The maximum absolute atomic E-state index is 13.2. The van der Waals surface area contributed by atoms with Crippen LogP contribution in [-0.2, 0) is 12.8 Å². The van der Waals surface area contributed by atoms with Crippen LogP contribution in [0.25, 0.3) is 0 Å². The van der Waals surface area contributed by atoms with Crippen molar-refractivity contribution in [3.05, 3.63) is 90.8 Å². The van der Waals surface area contributed by atoms with Crippen molar-refractivity contribution in [3.63, 3.8) is 0 Å².